The van der Waals surface area contributed by atoms with Crippen molar-refractivity contribution >= 4 is 24.3 Å². The first-order chi connectivity index (χ1) is 13.1. The van der Waals surface area contributed by atoms with E-state index in [1.165, 1.54) is 0 Å². The van der Waals surface area contributed by atoms with Crippen LogP contribution in [0.25, 0.3) is 0 Å². The van der Waals surface area contributed by atoms with Crippen LogP contribution in [0.1, 0.15) is 61.3 Å². The fourth-order valence-corrected chi connectivity index (χ4v) is 3.63. The molecule has 0 saturated heterocycles. The summed E-state index contributed by atoms with van der Waals surface area (Å²) < 4.78 is 6.38. The van der Waals surface area contributed by atoms with Crippen LogP contribution >= 0.6 is 12.4 Å². The van der Waals surface area contributed by atoms with E-state index in [2.05, 4.69) is 17.2 Å². The number of nitrogens with two attached hydrogens (primary N) is 2. The number of benzene rings is 1. The average Bonchev–Trinajstić information content (AvgIpc) is 2.64. The number of phenols is 1. The van der Waals surface area contributed by atoms with Crippen molar-refractivity contribution in [3.63, 3.8) is 0 Å². The molecule has 1 aromatic carbocycles. The summed E-state index contributed by atoms with van der Waals surface area (Å²) in [5, 5.41) is 13.3. The standard InChI is InChI=1S/C21H34N4O3.ClH/c1-13-14(2)19-16(15(3)18(13)27)8-9-21(4,28-19)10-12-24-17(26)7-5-6-11-25-20(22)23;/h27H,5-12H2,1-4H3,(H,24,26)(H4,22,23,25);1H. The number of nitrogens with zero attached hydrogens (tertiary/aromatic N) is 1. The van der Waals surface area contributed by atoms with Crippen molar-refractivity contribution in [3.8, 4) is 11.5 Å². The van der Waals surface area contributed by atoms with Crippen LogP contribution in [0.2, 0.25) is 0 Å². The molecule has 1 amide bonds. The number of unbranched alkanes of at least 4 members (excludes halogenated alkanes) is 1. The molecule has 0 bridgehead atoms. The van der Waals surface area contributed by atoms with Gasteiger partial charge < -0.3 is 26.6 Å². The highest BCUT2D eigenvalue weighted by Gasteiger charge is 2.34. The van der Waals surface area contributed by atoms with E-state index in [1.807, 2.05) is 20.8 Å². The third-order valence-corrected chi connectivity index (χ3v) is 5.67. The van der Waals surface area contributed by atoms with Gasteiger partial charge in [0, 0.05) is 31.5 Å². The summed E-state index contributed by atoms with van der Waals surface area (Å²) >= 11 is 0. The van der Waals surface area contributed by atoms with Crippen LogP contribution in [0.4, 0.5) is 0 Å². The first-order valence-corrected chi connectivity index (χ1v) is 9.97. The molecule has 0 saturated carbocycles. The predicted molar refractivity (Wildman–Crippen MR) is 119 cm³/mol. The smallest absolute Gasteiger partial charge is 0.219 e. The maximum atomic E-state index is 12.0. The molecule has 0 aromatic heterocycles. The summed E-state index contributed by atoms with van der Waals surface area (Å²) in [4.78, 5) is 15.9. The molecular formula is C21H35ClN4O3. The summed E-state index contributed by atoms with van der Waals surface area (Å²) in [7, 11) is 0. The van der Waals surface area contributed by atoms with Gasteiger partial charge in [0.1, 0.15) is 17.1 Å². The Bertz CT molecular complexity index is 763. The maximum Gasteiger partial charge on any atom is 0.219 e. The lowest BCUT2D eigenvalue weighted by molar-refractivity contribution is -0.121. The number of nitrogens with one attached hydrogen (secondary N) is 1. The van der Waals surface area contributed by atoms with Gasteiger partial charge in [-0.3, -0.25) is 9.79 Å². The Hall–Kier alpha value is -2.15. The summed E-state index contributed by atoms with van der Waals surface area (Å²) in [6.45, 7) is 9.07. The highest BCUT2D eigenvalue weighted by Crippen LogP contribution is 2.43. The highest BCUT2D eigenvalue weighted by atomic mass is 35.5. The van der Waals surface area contributed by atoms with Gasteiger partial charge >= 0.3 is 0 Å². The molecule has 1 aliphatic heterocycles. The number of halogens is 1. The quantitative estimate of drug-likeness (QED) is 0.289. The second kappa shape index (κ2) is 10.6. The van der Waals surface area contributed by atoms with E-state index >= 15 is 0 Å². The van der Waals surface area contributed by atoms with E-state index in [4.69, 9.17) is 16.2 Å². The molecule has 1 heterocycles. The molecular weight excluding hydrogens is 392 g/mol. The Morgan fingerprint density at radius 3 is 2.55 bits per heavy atom. The van der Waals surface area contributed by atoms with Gasteiger partial charge in [-0.15, -0.1) is 12.4 Å². The third-order valence-electron chi connectivity index (χ3n) is 5.67. The van der Waals surface area contributed by atoms with E-state index in [9.17, 15) is 9.90 Å². The summed E-state index contributed by atoms with van der Waals surface area (Å²) in [5.74, 6) is 1.39. The Labute approximate surface area is 179 Å². The minimum Gasteiger partial charge on any atom is -0.507 e. The molecule has 0 fully saturated rings. The molecule has 0 spiro atoms. The van der Waals surface area contributed by atoms with E-state index in [0.29, 0.717) is 25.3 Å². The van der Waals surface area contributed by atoms with Gasteiger partial charge in [0.15, 0.2) is 5.96 Å². The van der Waals surface area contributed by atoms with Gasteiger partial charge in [-0.05, 0) is 70.1 Å². The number of fused-ring (bicyclic) bond motifs is 1. The van der Waals surface area contributed by atoms with Gasteiger partial charge in [0.25, 0.3) is 0 Å². The van der Waals surface area contributed by atoms with Crippen molar-refractivity contribution in [2.75, 3.05) is 13.1 Å². The lowest BCUT2D eigenvalue weighted by Crippen LogP contribution is -2.40. The largest absolute Gasteiger partial charge is 0.507 e. The van der Waals surface area contributed by atoms with Crippen LogP contribution in [0, 0.1) is 20.8 Å². The number of rotatable bonds is 8. The minimum atomic E-state index is -0.325. The highest BCUT2D eigenvalue weighted by molar-refractivity contribution is 5.85. The van der Waals surface area contributed by atoms with Gasteiger partial charge in [-0.1, -0.05) is 0 Å². The van der Waals surface area contributed by atoms with Gasteiger partial charge in [-0.2, -0.15) is 0 Å². The Morgan fingerprint density at radius 2 is 1.90 bits per heavy atom. The number of carbonyl (C=O) groups is 1. The number of aromatic hydroxyl groups is 1. The second-order valence-corrected chi connectivity index (χ2v) is 7.95. The zero-order chi connectivity index (χ0) is 20.9. The Morgan fingerprint density at radius 1 is 1.21 bits per heavy atom. The monoisotopic (exact) mass is 426 g/mol. The average molecular weight is 427 g/mol. The second-order valence-electron chi connectivity index (χ2n) is 7.95. The van der Waals surface area contributed by atoms with E-state index in [1.54, 1.807) is 0 Å². The number of hydrogen-bond acceptors (Lipinski definition) is 4. The lowest BCUT2D eigenvalue weighted by Gasteiger charge is -2.38. The Kier molecular flexibility index (Phi) is 9.08. The summed E-state index contributed by atoms with van der Waals surface area (Å²) in [5.41, 5.74) is 14.1. The van der Waals surface area contributed by atoms with Crippen LogP contribution in [0.5, 0.6) is 11.5 Å². The molecule has 6 N–H and O–H groups in total. The number of ether oxygens (including phenoxy) is 1. The summed E-state index contributed by atoms with van der Waals surface area (Å²) in [6, 6.07) is 0. The molecule has 1 aromatic rings. The molecule has 29 heavy (non-hydrogen) atoms. The number of carbonyl (C=O) groups excluding carboxylic acids is 1. The van der Waals surface area contributed by atoms with E-state index in [0.717, 1.165) is 60.1 Å². The molecule has 1 unspecified atom stereocenters. The Balaban J connectivity index is 0.00000420. The van der Waals surface area contributed by atoms with Crippen molar-refractivity contribution < 1.29 is 14.6 Å². The fourth-order valence-electron chi connectivity index (χ4n) is 3.63. The molecule has 0 radical (unpaired) electrons. The molecule has 1 atom stereocenters. The van der Waals surface area contributed by atoms with Gasteiger partial charge in [0.2, 0.25) is 5.91 Å². The fraction of sp³-hybridized carbons (Fsp3) is 0.619. The van der Waals surface area contributed by atoms with Crippen LogP contribution in [-0.4, -0.2) is 35.7 Å². The molecule has 164 valence electrons. The maximum absolute atomic E-state index is 12.0. The van der Waals surface area contributed by atoms with Crippen molar-refractivity contribution in [2.24, 2.45) is 16.5 Å². The number of guanidine groups is 1. The van der Waals surface area contributed by atoms with Crippen LogP contribution < -0.4 is 21.5 Å². The van der Waals surface area contributed by atoms with Crippen LogP contribution in [0.3, 0.4) is 0 Å². The first-order valence-electron chi connectivity index (χ1n) is 9.97. The van der Waals surface area contributed by atoms with Gasteiger partial charge in [0.05, 0.1) is 0 Å². The third kappa shape index (κ3) is 6.42. The summed E-state index contributed by atoms with van der Waals surface area (Å²) in [6.07, 6.45) is 4.47. The molecule has 0 aliphatic carbocycles. The van der Waals surface area contributed by atoms with Crippen molar-refractivity contribution in [1.29, 1.82) is 0 Å². The zero-order valence-corrected chi connectivity index (χ0v) is 18.7. The van der Waals surface area contributed by atoms with Crippen LogP contribution in [0.15, 0.2) is 4.99 Å². The SMILES string of the molecule is Cc1c(C)c2c(c(C)c1O)CCC(C)(CCNC(=O)CCCCN=C(N)N)O2.Cl. The topological polar surface area (TPSA) is 123 Å². The van der Waals surface area contributed by atoms with Crippen molar-refractivity contribution in [1.82, 2.24) is 5.32 Å². The van der Waals surface area contributed by atoms with Crippen LogP contribution in [-0.2, 0) is 11.2 Å². The molecule has 1 aliphatic rings. The lowest BCUT2D eigenvalue weighted by atomic mass is 9.85. The van der Waals surface area contributed by atoms with Crippen molar-refractivity contribution in [2.45, 2.75) is 71.8 Å². The van der Waals surface area contributed by atoms with E-state index < -0.39 is 0 Å². The zero-order valence-electron chi connectivity index (χ0n) is 17.9. The van der Waals surface area contributed by atoms with E-state index in [-0.39, 0.29) is 29.9 Å². The number of hydrogen-bond donors (Lipinski definition) is 4. The van der Waals surface area contributed by atoms with Crippen molar-refractivity contribution in [3.05, 3.63) is 22.3 Å². The normalized spacial score (nSPS) is 17.5. The molecule has 7 nitrogen and oxygen atoms in total. The number of amides is 1. The first kappa shape index (κ1) is 24.9. The predicted octanol–water partition coefficient (Wildman–Crippen LogP) is 2.77. The molecule has 8 heteroatoms. The number of phenolic OH excluding ortho intramolecular Hbond substituents is 1. The molecule has 2 rings (SSSR count). The number of aliphatic imine (C=N–C) groups is 1. The van der Waals surface area contributed by atoms with Gasteiger partial charge in [-0.25, -0.2) is 0 Å². The minimum absolute atomic E-state index is 0.